The number of nitrogens with zero attached hydrogens (tertiary/aromatic N) is 1. The maximum Gasteiger partial charge on any atom is 0.240 e. The Kier molecular flexibility index (Phi) is 4.42. The van der Waals surface area contributed by atoms with Gasteiger partial charge in [0.05, 0.1) is 4.90 Å². The van der Waals surface area contributed by atoms with Crippen molar-refractivity contribution in [2.24, 2.45) is 0 Å². The fourth-order valence-electron chi connectivity index (χ4n) is 2.42. The number of sulfonamides is 1. The normalized spacial score (nSPS) is 11.9. The second-order valence-corrected chi connectivity index (χ2v) is 6.89. The molecule has 23 heavy (non-hydrogen) atoms. The minimum atomic E-state index is -3.47. The smallest absolute Gasteiger partial charge is 0.240 e. The van der Waals surface area contributed by atoms with Crippen LogP contribution in [0.2, 0.25) is 0 Å². The van der Waals surface area contributed by atoms with Crippen LogP contribution in [0.25, 0.3) is 22.2 Å². The minimum absolute atomic E-state index is 0.261. The molecule has 120 valence electrons. The number of hydrogen-bond donors (Lipinski definition) is 3. The van der Waals surface area contributed by atoms with Crippen LogP contribution in [0.15, 0.2) is 53.7 Å². The van der Waals surface area contributed by atoms with Crippen molar-refractivity contribution in [1.82, 2.24) is 20.0 Å². The molecule has 0 aliphatic carbocycles. The Bertz CT molecular complexity index is 901. The van der Waals surface area contributed by atoms with Crippen molar-refractivity contribution < 1.29 is 8.42 Å². The van der Waals surface area contributed by atoms with Gasteiger partial charge in [-0.2, -0.15) is 0 Å². The van der Waals surface area contributed by atoms with E-state index in [1.165, 1.54) is 0 Å². The van der Waals surface area contributed by atoms with Gasteiger partial charge < -0.3 is 10.3 Å². The number of pyridine rings is 1. The van der Waals surface area contributed by atoms with Crippen molar-refractivity contribution >= 4 is 21.1 Å². The van der Waals surface area contributed by atoms with Gasteiger partial charge in [-0.05, 0) is 42.4 Å². The molecule has 3 rings (SSSR count). The van der Waals surface area contributed by atoms with E-state index in [2.05, 4.69) is 20.0 Å². The highest BCUT2D eigenvalue weighted by Gasteiger charge is 2.13. The first-order chi connectivity index (χ1) is 11.1. The van der Waals surface area contributed by atoms with Crippen LogP contribution in [-0.4, -0.2) is 38.5 Å². The lowest BCUT2D eigenvalue weighted by Gasteiger charge is -2.08. The van der Waals surface area contributed by atoms with Gasteiger partial charge in [-0.15, -0.1) is 0 Å². The van der Waals surface area contributed by atoms with Crippen molar-refractivity contribution in [3.8, 4) is 11.1 Å². The lowest BCUT2D eigenvalue weighted by atomic mass is 10.0. The number of rotatable bonds is 6. The number of benzene rings is 1. The maximum atomic E-state index is 12.2. The molecule has 3 N–H and O–H groups in total. The Balaban J connectivity index is 1.89. The first-order valence-corrected chi connectivity index (χ1v) is 8.77. The molecule has 7 heteroatoms. The third kappa shape index (κ3) is 3.26. The number of hydrogen-bond acceptors (Lipinski definition) is 4. The molecule has 0 bridgehead atoms. The zero-order chi connectivity index (χ0) is 16.3. The highest BCUT2D eigenvalue weighted by atomic mass is 32.2. The van der Waals surface area contributed by atoms with E-state index >= 15 is 0 Å². The fraction of sp³-hybridized carbons (Fsp3) is 0.188. The molecule has 2 heterocycles. The van der Waals surface area contributed by atoms with E-state index in [1.54, 1.807) is 25.4 Å². The second-order valence-electron chi connectivity index (χ2n) is 5.12. The molecule has 0 amide bonds. The Morgan fingerprint density at radius 1 is 1.09 bits per heavy atom. The highest BCUT2D eigenvalue weighted by Crippen LogP contribution is 2.27. The van der Waals surface area contributed by atoms with Crippen LogP contribution >= 0.6 is 0 Å². The van der Waals surface area contributed by atoms with Gasteiger partial charge in [0.2, 0.25) is 10.0 Å². The number of fused-ring (bicyclic) bond motifs is 1. The number of aromatic nitrogens is 2. The summed E-state index contributed by atoms with van der Waals surface area (Å²) in [6.45, 7) is 0.939. The van der Waals surface area contributed by atoms with Crippen LogP contribution in [0.4, 0.5) is 0 Å². The van der Waals surface area contributed by atoms with E-state index in [0.29, 0.717) is 13.1 Å². The quantitative estimate of drug-likeness (QED) is 0.601. The van der Waals surface area contributed by atoms with Gasteiger partial charge in [0.1, 0.15) is 5.65 Å². The van der Waals surface area contributed by atoms with Crippen LogP contribution in [0.3, 0.4) is 0 Å². The third-order valence-electron chi connectivity index (χ3n) is 3.60. The molecule has 3 aromatic rings. The van der Waals surface area contributed by atoms with Gasteiger partial charge in [0.25, 0.3) is 0 Å². The Morgan fingerprint density at radius 2 is 1.87 bits per heavy atom. The summed E-state index contributed by atoms with van der Waals surface area (Å²) in [5.74, 6) is 0. The third-order valence-corrected chi connectivity index (χ3v) is 5.08. The summed E-state index contributed by atoms with van der Waals surface area (Å²) in [6, 6.07) is 10.8. The molecule has 0 radical (unpaired) electrons. The Morgan fingerprint density at radius 3 is 2.61 bits per heavy atom. The summed E-state index contributed by atoms with van der Waals surface area (Å²) in [6.07, 6.45) is 3.57. The minimum Gasteiger partial charge on any atom is -0.346 e. The van der Waals surface area contributed by atoms with Gasteiger partial charge in [0, 0.05) is 30.9 Å². The van der Waals surface area contributed by atoms with Gasteiger partial charge in [0.15, 0.2) is 0 Å². The largest absolute Gasteiger partial charge is 0.346 e. The molecule has 0 fully saturated rings. The number of likely N-dealkylation sites (N-methyl/N-ethyl adjacent to an activating group) is 1. The van der Waals surface area contributed by atoms with E-state index in [1.807, 2.05) is 30.5 Å². The molecular formula is C16H18N4O2S. The molecule has 2 aromatic heterocycles. The molecule has 0 aliphatic rings. The monoisotopic (exact) mass is 330 g/mol. The highest BCUT2D eigenvalue weighted by molar-refractivity contribution is 7.89. The van der Waals surface area contributed by atoms with Crippen molar-refractivity contribution in [2.75, 3.05) is 20.1 Å². The zero-order valence-corrected chi connectivity index (χ0v) is 13.5. The Labute approximate surface area is 135 Å². The molecule has 0 atom stereocenters. The standard InChI is InChI=1S/C16H18N4O2S/c1-17-10-11-20-23(21,22)13-4-2-12(3-5-13)14-6-8-18-16-15(14)7-9-19-16/h2-9,17,20H,10-11H2,1H3,(H,18,19). The zero-order valence-electron chi connectivity index (χ0n) is 12.7. The van der Waals surface area contributed by atoms with Gasteiger partial charge in [-0.1, -0.05) is 12.1 Å². The molecule has 0 unspecified atom stereocenters. The lowest BCUT2D eigenvalue weighted by Crippen LogP contribution is -2.30. The first kappa shape index (κ1) is 15.7. The summed E-state index contributed by atoms with van der Waals surface area (Å²) in [5, 5.41) is 3.91. The van der Waals surface area contributed by atoms with E-state index < -0.39 is 10.0 Å². The number of nitrogens with one attached hydrogen (secondary N) is 3. The second kappa shape index (κ2) is 6.49. The topological polar surface area (TPSA) is 86.9 Å². The molecule has 0 aliphatic heterocycles. The van der Waals surface area contributed by atoms with Crippen LogP contribution in [0, 0.1) is 0 Å². The first-order valence-electron chi connectivity index (χ1n) is 7.28. The molecular weight excluding hydrogens is 312 g/mol. The summed E-state index contributed by atoms with van der Waals surface area (Å²) in [5.41, 5.74) is 2.78. The van der Waals surface area contributed by atoms with Crippen molar-refractivity contribution in [3.05, 3.63) is 48.8 Å². The molecule has 0 saturated heterocycles. The van der Waals surface area contributed by atoms with Gasteiger partial charge in [-0.25, -0.2) is 18.1 Å². The summed E-state index contributed by atoms with van der Waals surface area (Å²) in [4.78, 5) is 7.59. The van der Waals surface area contributed by atoms with Crippen LogP contribution < -0.4 is 10.0 Å². The summed E-state index contributed by atoms with van der Waals surface area (Å²) in [7, 11) is -1.69. The molecule has 6 nitrogen and oxygen atoms in total. The predicted molar refractivity (Wildman–Crippen MR) is 90.6 cm³/mol. The average Bonchev–Trinajstić information content (AvgIpc) is 3.04. The molecule has 0 spiro atoms. The summed E-state index contributed by atoms with van der Waals surface area (Å²) < 4.78 is 26.9. The lowest BCUT2D eigenvalue weighted by molar-refractivity contribution is 0.579. The number of H-pyrrole nitrogens is 1. The van der Waals surface area contributed by atoms with Crippen molar-refractivity contribution in [3.63, 3.8) is 0 Å². The fourth-order valence-corrected chi connectivity index (χ4v) is 3.45. The van der Waals surface area contributed by atoms with Crippen LogP contribution in [0.5, 0.6) is 0 Å². The van der Waals surface area contributed by atoms with E-state index in [0.717, 1.165) is 22.2 Å². The van der Waals surface area contributed by atoms with E-state index in [9.17, 15) is 8.42 Å². The van der Waals surface area contributed by atoms with Crippen LogP contribution in [-0.2, 0) is 10.0 Å². The van der Waals surface area contributed by atoms with E-state index in [-0.39, 0.29) is 4.90 Å². The average molecular weight is 330 g/mol. The van der Waals surface area contributed by atoms with Crippen LogP contribution in [0.1, 0.15) is 0 Å². The maximum absolute atomic E-state index is 12.2. The van der Waals surface area contributed by atoms with E-state index in [4.69, 9.17) is 0 Å². The predicted octanol–water partition coefficient (Wildman–Crippen LogP) is 1.73. The van der Waals surface area contributed by atoms with Gasteiger partial charge in [-0.3, -0.25) is 0 Å². The Hall–Kier alpha value is -2.22. The van der Waals surface area contributed by atoms with Crippen molar-refractivity contribution in [2.45, 2.75) is 4.90 Å². The molecule has 1 aromatic carbocycles. The molecule has 0 saturated carbocycles. The van der Waals surface area contributed by atoms with Crippen molar-refractivity contribution in [1.29, 1.82) is 0 Å². The van der Waals surface area contributed by atoms with Gasteiger partial charge >= 0.3 is 0 Å². The summed E-state index contributed by atoms with van der Waals surface area (Å²) >= 11 is 0. The SMILES string of the molecule is CNCCNS(=O)(=O)c1ccc(-c2ccnc3[nH]ccc23)cc1. The number of aromatic amines is 1.